The van der Waals surface area contributed by atoms with Crippen molar-refractivity contribution in [2.24, 2.45) is 0 Å². The monoisotopic (exact) mass is 336 g/mol. The number of benzene rings is 2. The fourth-order valence-corrected chi connectivity index (χ4v) is 2.16. The summed E-state index contributed by atoms with van der Waals surface area (Å²) in [5.74, 6) is 0.935. The Bertz CT molecular complexity index is 736. The summed E-state index contributed by atoms with van der Waals surface area (Å²) in [6.07, 6.45) is 5.99. The van der Waals surface area contributed by atoms with Gasteiger partial charge in [-0.2, -0.15) is 0 Å². The second-order valence-electron chi connectivity index (χ2n) is 5.33. The molecule has 0 spiro atoms. The zero-order valence-corrected chi connectivity index (χ0v) is 14.3. The van der Waals surface area contributed by atoms with Crippen molar-refractivity contribution in [2.45, 2.75) is 6.42 Å². The summed E-state index contributed by atoms with van der Waals surface area (Å²) in [4.78, 5) is 23.8. The van der Waals surface area contributed by atoms with Crippen molar-refractivity contribution in [3.8, 4) is 11.5 Å². The molecule has 4 heteroatoms. The van der Waals surface area contributed by atoms with E-state index in [1.165, 1.54) is 12.2 Å². The third-order valence-corrected chi connectivity index (χ3v) is 3.46. The number of allylic oxidation sites excluding steroid dienone is 2. The summed E-state index contributed by atoms with van der Waals surface area (Å²) in [5.41, 5.74) is 1.68. The van der Waals surface area contributed by atoms with Gasteiger partial charge in [-0.1, -0.05) is 36.4 Å². The number of methoxy groups -OCH3 is 2. The average molecular weight is 336 g/mol. The lowest BCUT2D eigenvalue weighted by atomic mass is 10.1. The number of carbonyl (C=O) groups excluding carboxylic acids is 2. The number of rotatable bonds is 8. The van der Waals surface area contributed by atoms with Crippen LogP contribution in [-0.2, 0) is 9.59 Å². The highest BCUT2D eigenvalue weighted by Gasteiger charge is 2.04. The van der Waals surface area contributed by atoms with E-state index in [9.17, 15) is 9.59 Å². The Balaban J connectivity index is 1.91. The van der Waals surface area contributed by atoms with Gasteiger partial charge in [0.05, 0.1) is 20.6 Å². The molecule has 4 nitrogen and oxygen atoms in total. The molecular weight excluding hydrogens is 316 g/mol. The Kier molecular flexibility index (Phi) is 6.72. The van der Waals surface area contributed by atoms with E-state index >= 15 is 0 Å². The highest BCUT2D eigenvalue weighted by molar-refractivity contribution is 6.10. The molecule has 2 rings (SSSR count). The summed E-state index contributed by atoms with van der Waals surface area (Å²) >= 11 is 0. The summed E-state index contributed by atoms with van der Waals surface area (Å²) in [5, 5.41) is 0. The Hall–Kier alpha value is -3.14. The van der Waals surface area contributed by atoms with Crippen LogP contribution in [0, 0.1) is 0 Å². The molecule has 0 amide bonds. The van der Waals surface area contributed by atoms with E-state index in [2.05, 4.69) is 0 Å². The van der Waals surface area contributed by atoms with Crippen LogP contribution in [-0.4, -0.2) is 25.8 Å². The third kappa shape index (κ3) is 6.11. The quantitative estimate of drug-likeness (QED) is 0.541. The van der Waals surface area contributed by atoms with E-state index in [0.29, 0.717) is 11.5 Å². The lowest BCUT2D eigenvalue weighted by Gasteiger charge is -2.00. The lowest BCUT2D eigenvalue weighted by molar-refractivity contribution is -0.121. The van der Waals surface area contributed by atoms with Gasteiger partial charge in [-0.3, -0.25) is 9.59 Å². The zero-order chi connectivity index (χ0) is 18.1. The molecule has 25 heavy (non-hydrogen) atoms. The van der Waals surface area contributed by atoms with Gasteiger partial charge >= 0.3 is 0 Å². The van der Waals surface area contributed by atoms with Crippen LogP contribution in [0.3, 0.4) is 0 Å². The Morgan fingerprint density at radius 3 is 1.64 bits per heavy atom. The summed E-state index contributed by atoms with van der Waals surface area (Å²) in [7, 11) is 3.17. The van der Waals surface area contributed by atoms with Gasteiger partial charge in [0.25, 0.3) is 0 Å². The second kappa shape index (κ2) is 9.23. The summed E-state index contributed by atoms with van der Waals surface area (Å²) in [6.45, 7) is 0. The Labute approximate surface area is 147 Å². The first-order valence-electron chi connectivity index (χ1n) is 7.80. The average Bonchev–Trinajstić information content (AvgIpc) is 2.65. The molecular formula is C21H20O4. The maximum absolute atomic E-state index is 11.9. The van der Waals surface area contributed by atoms with E-state index in [1.54, 1.807) is 26.4 Å². The van der Waals surface area contributed by atoms with E-state index in [1.807, 2.05) is 48.5 Å². The highest BCUT2D eigenvalue weighted by Crippen LogP contribution is 2.15. The summed E-state index contributed by atoms with van der Waals surface area (Å²) in [6, 6.07) is 14.7. The van der Waals surface area contributed by atoms with Crippen molar-refractivity contribution in [1.82, 2.24) is 0 Å². The molecule has 0 aliphatic rings. The zero-order valence-electron chi connectivity index (χ0n) is 14.3. The maximum Gasteiger partial charge on any atom is 0.163 e. The minimum Gasteiger partial charge on any atom is -0.497 e. The van der Waals surface area contributed by atoms with Crippen molar-refractivity contribution < 1.29 is 19.1 Å². The number of ketones is 2. The van der Waals surface area contributed by atoms with Crippen LogP contribution in [0.25, 0.3) is 12.2 Å². The predicted molar refractivity (Wildman–Crippen MR) is 98.7 cm³/mol. The van der Waals surface area contributed by atoms with Gasteiger partial charge in [0.1, 0.15) is 11.5 Å². The molecule has 0 aliphatic carbocycles. The first-order chi connectivity index (χ1) is 12.1. The van der Waals surface area contributed by atoms with Crippen molar-refractivity contribution in [3.63, 3.8) is 0 Å². The maximum atomic E-state index is 11.9. The van der Waals surface area contributed by atoms with Crippen LogP contribution in [0.1, 0.15) is 17.5 Å². The topological polar surface area (TPSA) is 52.6 Å². The van der Waals surface area contributed by atoms with Crippen molar-refractivity contribution in [2.75, 3.05) is 14.2 Å². The molecule has 0 aliphatic heterocycles. The van der Waals surface area contributed by atoms with Gasteiger partial charge in [-0.25, -0.2) is 0 Å². The molecule has 0 atom stereocenters. The minimum absolute atomic E-state index is 0.166. The molecule has 128 valence electrons. The van der Waals surface area contributed by atoms with E-state index < -0.39 is 0 Å². The van der Waals surface area contributed by atoms with Gasteiger partial charge < -0.3 is 9.47 Å². The number of hydrogen-bond donors (Lipinski definition) is 0. The Morgan fingerprint density at radius 2 is 1.24 bits per heavy atom. The molecule has 0 N–H and O–H groups in total. The first kappa shape index (κ1) is 18.2. The van der Waals surface area contributed by atoms with Crippen LogP contribution >= 0.6 is 0 Å². The third-order valence-electron chi connectivity index (χ3n) is 3.46. The molecule has 0 aromatic heterocycles. The van der Waals surface area contributed by atoms with Gasteiger partial charge in [-0.05, 0) is 47.5 Å². The van der Waals surface area contributed by atoms with Gasteiger partial charge in [0.15, 0.2) is 11.6 Å². The smallest absolute Gasteiger partial charge is 0.163 e. The van der Waals surface area contributed by atoms with Crippen LogP contribution in [0.4, 0.5) is 0 Å². The van der Waals surface area contributed by atoms with Crippen LogP contribution in [0.2, 0.25) is 0 Å². The van der Waals surface area contributed by atoms with E-state index in [4.69, 9.17) is 9.47 Å². The molecule has 0 radical (unpaired) electrons. The normalized spacial score (nSPS) is 11.0. The first-order valence-corrected chi connectivity index (χ1v) is 7.80. The second-order valence-corrected chi connectivity index (χ2v) is 5.33. The molecule has 0 unspecified atom stereocenters. The van der Waals surface area contributed by atoms with Gasteiger partial charge in [0.2, 0.25) is 0 Å². The molecule has 0 saturated carbocycles. The minimum atomic E-state index is -0.247. The largest absolute Gasteiger partial charge is 0.497 e. The fraction of sp³-hybridized carbons (Fsp3) is 0.143. The molecule has 2 aromatic rings. The predicted octanol–water partition coefficient (Wildman–Crippen LogP) is 3.96. The summed E-state index contributed by atoms with van der Waals surface area (Å²) < 4.78 is 10.3. The van der Waals surface area contributed by atoms with Crippen molar-refractivity contribution in [3.05, 3.63) is 71.8 Å². The Morgan fingerprint density at radius 1 is 0.800 bits per heavy atom. The number of hydrogen-bond acceptors (Lipinski definition) is 4. The van der Waals surface area contributed by atoms with Crippen molar-refractivity contribution >= 4 is 23.7 Å². The number of ether oxygens (including phenoxy) is 2. The van der Waals surface area contributed by atoms with Crippen molar-refractivity contribution in [1.29, 1.82) is 0 Å². The number of carbonyl (C=O) groups is 2. The van der Waals surface area contributed by atoms with E-state index in [0.717, 1.165) is 11.1 Å². The molecule has 0 saturated heterocycles. The van der Waals surface area contributed by atoms with E-state index in [-0.39, 0.29) is 18.0 Å². The molecule has 2 aromatic carbocycles. The fourth-order valence-electron chi connectivity index (χ4n) is 2.16. The molecule has 0 heterocycles. The standard InChI is InChI=1S/C21H20O4/c1-24-20-7-3-5-16(13-20)9-11-18(22)15-19(23)12-10-17-6-4-8-21(14-17)25-2/h3-14H,15H2,1-2H3/b11-9+,12-10+. The highest BCUT2D eigenvalue weighted by atomic mass is 16.5. The van der Waals surface area contributed by atoms with Crippen LogP contribution in [0.5, 0.6) is 11.5 Å². The molecule has 0 bridgehead atoms. The van der Waals surface area contributed by atoms with Gasteiger partial charge in [-0.15, -0.1) is 0 Å². The lowest BCUT2D eigenvalue weighted by Crippen LogP contribution is -2.01. The van der Waals surface area contributed by atoms with Crippen LogP contribution < -0.4 is 9.47 Å². The van der Waals surface area contributed by atoms with Gasteiger partial charge in [0, 0.05) is 0 Å². The molecule has 0 fully saturated rings. The SMILES string of the molecule is COc1cccc(/C=C/C(=O)CC(=O)/C=C/c2cccc(OC)c2)c1. The van der Waals surface area contributed by atoms with Crippen LogP contribution in [0.15, 0.2) is 60.7 Å².